The first-order valence-corrected chi connectivity index (χ1v) is 10.3. The van der Waals surface area contributed by atoms with Crippen molar-refractivity contribution in [2.45, 2.75) is 32.7 Å². The lowest BCUT2D eigenvalue weighted by Gasteiger charge is -2.09. The molecule has 1 amide bonds. The van der Waals surface area contributed by atoms with Crippen LogP contribution in [0.25, 0.3) is 5.69 Å². The van der Waals surface area contributed by atoms with Crippen molar-refractivity contribution in [3.05, 3.63) is 94.7 Å². The minimum Gasteiger partial charge on any atom is -0.305 e. The Morgan fingerprint density at radius 3 is 2.61 bits per heavy atom. The zero-order chi connectivity index (χ0) is 21.4. The van der Waals surface area contributed by atoms with Gasteiger partial charge < -0.3 is 5.32 Å². The van der Waals surface area contributed by atoms with Crippen LogP contribution in [-0.4, -0.2) is 25.5 Å². The third-order valence-electron chi connectivity index (χ3n) is 5.54. The summed E-state index contributed by atoms with van der Waals surface area (Å²) in [6.45, 7) is 2.46. The average Bonchev–Trinajstić information content (AvgIpc) is 3.45. The van der Waals surface area contributed by atoms with E-state index in [4.69, 9.17) is 0 Å². The van der Waals surface area contributed by atoms with Gasteiger partial charge in [-0.05, 0) is 56.0 Å². The van der Waals surface area contributed by atoms with E-state index in [2.05, 4.69) is 15.5 Å². The maximum absolute atomic E-state index is 13.3. The summed E-state index contributed by atoms with van der Waals surface area (Å²) in [7, 11) is 0. The highest BCUT2D eigenvalue weighted by molar-refractivity contribution is 6.03. The second kappa shape index (κ2) is 7.83. The van der Waals surface area contributed by atoms with Crippen LogP contribution in [0.2, 0.25) is 0 Å². The monoisotopic (exact) mass is 415 g/mol. The van der Waals surface area contributed by atoms with Gasteiger partial charge in [0.15, 0.2) is 5.69 Å². The van der Waals surface area contributed by atoms with Crippen molar-refractivity contribution in [2.24, 2.45) is 0 Å². The van der Waals surface area contributed by atoms with E-state index in [0.717, 1.165) is 47.5 Å². The Kier molecular flexibility index (Phi) is 4.86. The van der Waals surface area contributed by atoms with Gasteiger partial charge in [0.25, 0.3) is 5.91 Å². The third-order valence-corrected chi connectivity index (χ3v) is 5.54. The van der Waals surface area contributed by atoms with Crippen LogP contribution in [0.15, 0.2) is 60.7 Å². The number of nitrogens with zero attached hydrogens (tertiary/aromatic N) is 4. The van der Waals surface area contributed by atoms with E-state index < -0.39 is 0 Å². The number of fused-ring (bicyclic) bond motifs is 1. The van der Waals surface area contributed by atoms with E-state index in [9.17, 15) is 9.18 Å². The molecule has 6 nitrogen and oxygen atoms in total. The molecule has 0 radical (unpaired) electrons. The van der Waals surface area contributed by atoms with Crippen LogP contribution >= 0.6 is 0 Å². The van der Waals surface area contributed by atoms with Gasteiger partial charge in [0.1, 0.15) is 11.6 Å². The Hall–Kier alpha value is -3.74. The predicted molar refractivity (Wildman–Crippen MR) is 116 cm³/mol. The highest BCUT2D eigenvalue weighted by atomic mass is 19.1. The number of hydrogen-bond acceptors (Lipinski definition) is 3. The first-order chi connectivity index (χ1) is 15.1. The first-order valence-electron chi connectivity index (χ1n) is 10.3. The molecule has 5 rings (SSSR count). The molecule has 0 saturated heterocycles. The molecule has 2 aromatic carbocycles. The van der Waals surface area contributed by atoms with Crippen LogP contribution in [-0.2, 0) is 19.4 Å². The molecule has 31 heavy (non-hydrogen) atoms. The zero-order valence-corrected chi connectivity index (χ0v) is 17.2. The fourth-order valence-corrected chi connectivity index (χ4v) is 4.11. The van der Waals surface area contributed by atoms with Crippen LogP contribution < -0.4 is 5.32 Å². The Balaban J connectivity index is 1.44. The lowest BCUT2D eigenvalue weighted by molar-refractivity contribution is 0.102. The van der Waals surface area contributed by atoms with E-state index in [0.29, 0.717) is 18.1 Å². The summed E-state index contributed by atoms with van der Waals surface area (Å²) in [5, 5.41) is 12.1. The summed E-state index contributed by atoms with van der Waals surface area (Å²) >= 11 is 0. The molecule has 0 unspecified atom stereocenters. The predicted octanol–water partition coefficient (Wildman–Crippen LogP) is 4.31. The Morgan fingerprint density at radius 2 is 1.84 bits per heavy atom. The van der Waals surface area contributed by atoms with Gasteiger partial charge in [0.05, 0.1) is 17.9 Å². The molecular formula is C24H22FN5O. The molecule has 0 saturated carbocycles. The standard InChI is InChI=1S/C24H22FN5O/c1-16-14-22(29(27-16)15-17-6-3-2-4-7-17)26-24(31)23-20-8-5-9-21(20)30(28-23)19-12-10-18(25)11-13-19/h2-4,6-7,10-14H,5,8-9,15H2,1H3,(H,26,31). The number of benzene rings is 2. The van der Waals surface area contributed by atoms with Gasteiger partial charge >= 0.3 is 0 Å². The summed E-state index contributed by atoms with van der Waals surface area (Å²) in [4.78, 5) is 13.2. The van der Waals surface area contributed by atoms with Crippen molar-refractivity contribution < 1.29 is 9.18 Å². The Morgan fingerprint density at radius 1 is 1.06 bits per heavy atom. The average molecular weight is 415 g/mol. The van der Waals surface area contributed by atoms with Crippen molar-refractivity contribution in [2.75, 3.05) is 5.32 Å². The van der Waals surface area contributed by atoms with Crippen LogP contribution in [0.4, 0.5) is 10.2 Å². The number of carbonyl (C=O) groups is 1. The van der Waals surface area contributed by atoms with Crippen LogP contribution in [0.3, 0.4) is 0 Å². The van der Waals surface area contributed by atoms with Gasteiger partial charge in [-0.25, -0.2) is 13.8 Å². The molecule has 1 aliphatic carbocycles. The summed E-state index contributed by atoms with van der Waals surface area (Å²) in [5.41, 5.74) is 5.08. The molecule has 156 valence electrons. The van der Waals surface area contributed by atoms with Gasteiger partial charge in [-0.15, -0.1) is 0 Å². The van der Waals surface area contributed by atoms with Crippen LogP contribution in [0, 0.1) is 12.7 Å². The number of nitrogens with one attached hydrogen (secondary N) is 1. The number of rotatable bonds is 5. The Bertz CT molecular complexity index is 1240. The largest absolute Gasteiger partial charge is 0.305 e. The van der Waals surface area contributed by atoms with Crippen molar-refractivity contribution in [1.29, 1.82) is 0 Å². The maximum atomic E-state index is 13.3. The minimum absolute atomic E-state index is 0.256. The first kappa shape index (κ1) is 19.2. The second-order valence-corrected chi connectivity index (χ2v) is 7.78. The van der Waals surface area contributed by atoms with Gasteiger partial charge in [-0.1, -0.05) is 30.3 Å². The Labute approximate surface area is 179 Å². The van der Waals surface area contributed by atoms with Crippen molar-refractivity contribution in [3.63, 3.8) is 0 Å². The van der Waals surface area contributed by atoms with E-state index in [1.165, 1.54) is 12.1 Å². The SMILES string of the molecule is Cc1cc(NC(=O)c2nn(-c3ccc(F)cc3)c3c2CCC3)n(Cc2ccccc2)n1. The molecule has 0 fully saturated rings. The maximum Gasteiger partial charge on any atom is 0.277 e. The van der Waals surface area contributed by atoms with Gasteiger partial charge in [-0.3, -0.25) is 4.79 Å². The van der Waals surface area contributed by atoms with Crippen molar-refractivity contribution in [3.8, 4) is 5.69 Å². The quantitative estimate of drug-likeness (QED) is 0.528. The molecule has 1 N–H and O–H groups in total. The van der Waals surface area contributed by atoms with Gasteiger partial charge in [-0.2, -0.15) is 10.2 Å². The fraction of sp³-hybridized carbons (Fsp3) is 0.208. The zero-order valence-electron chi connectivity index (χ0n) is 17.2. The number of carbonyl (C=O) groups excluding carboxylic acids is 1. The van der Waals surface area contributed by atoms with Gasteiger partial charge in [0, 0.05) is 17.3 Å². The molecule has 0 atom stereocenters. The van der Waals surface area contributed by atoms with E-state index >= 15 is 0 Å². The van der Waals surface area contributed by atoms with Crippen molar-refractivity contribution in [1.82, 2.24) is 19.6 Å². The number of amides is 1. The lowest BCUT2D eigenvalue weighted by Crippen LogP contribution is -2.18. The number of aromatic nitrogens is 4. The molecule has 4 aromatic rings. The van der Waals surface area contributed by atoms with Gasteiger partial charge in [0.2, 0.25) is 0 Å². The number of halogens is 1. The van der Waals surface area contributed by atoms with Crippen molar-refractivity contribution >= 4 is 11.7 Å². The molecular weight excluding hydrogens is 393 g/mol. The van der Waals surface area contributed by atoms with Crippen LogP contribution in [0.1, 0.15) is 39.4 Å². The summed E-state index contributed by atoms with van der Waals surface area (Å²) in [6.07, 6.45) is 2.62. The smallest absolute Gasteiger partial charge is 0.277 e. The summed E-state index contributed by atoms with van der Waals surface area (Å²) < 4.78 is 16.9. The van der Waals surface area contributed by atoms with E-state index in [1.807, 2.05) is 43.3 Å². The topological polar surface area (TPSA) is 64.7 Å². The third kappa shape index (κ3) is 3.74. The summed E-state index contributed by atoms with van der Waals surface area (Å²) in [5.74, 6) is 0.0789. The van der Waals surface area contributed by atoms with E-state index in [-0.39, 0.29) is 11.7 Å². The molecule has 0 bridgehead atoms. The summed E-state index contributed by atoms with van der Waals surface area (Å²) in [6, 6.07) is 18.0. The molecule has 2 heterocycles. The lowest BCUT2D eigenvalue weighted by atomic mass is 10.2. The molecule has 2 aromatic heterocycles. The molecule has 7 heteroatoms. The minimum atomic E-state index is -0.299. The fourth-order valence-electron chi connectivity index (χ4n) is 4.11. The molecule has 1 aliphatic rings. The molecule has 0 aliphatic heterocycles. The van der Waals surface area contributed by atoms with E-state index in [1.54, 1.807) is 21.5 Å². The van der Waals surface area contributed by atoms with Crippen LogP contribution in [0.5, 0.6) is 0 Å². The number of anilines is 1. The number of aryl methyl sites for hydroxylation is 1. The highest BCUT2D eigenvalue weighted by Gasteiger charge is 2.27. The number of hydrogen-bond donors (Lipinski definition) is 1. The normalized spacial score (nSPS) is 12.7. The molecule has 0 spiro atoms. The second-order valence-electron chi connectivity index (χ2n) is 7.78. The highest BCUT2D eigenvalue weighted by Crippen LogP contribution is 2.28.